The Hall–Kier alpha value is -1.06. The minimum Gasteiger partial charge on any atom is -0.456 e. The molecule has 0 radical (unpaired) electrons. The maximum Gasteiger partial charge on any atom is 0.344 e. The van der Waals surface area contributed by atoms with Gasteiger partial charge in [-0.15, -0.1) is 0 Å². The highest BCUT2D eigenvalue weighted by molar-refractivity contribution is 5.80. The van der Waals surface area contributed by atoms with Crippen LogP contribution in [0.5, 0.6) is 0 Å². The molecule has 3 unspecified atom stereocenters. The number of esters is 2. The first kappa shape index (κ1) is 19.9. The van der Waals surface area contributed by atoms with Crippen molar-refractivity contribution >= 4 is 11.9 Å². The Morgan fingerprint density at radius 2 is 1.55 bits per heavy atom. The Bertz CT molecular complexity index is 652. The van der Waals surface area contributed by atoms with Crippen molar-refractivity contribution in [3.63, 3.8) is 0 Å². The van der Waals surface area contributed by atoms with Gasteiger partial charge in [-0.1, -0.05) is 13.3 Å². The molecule has 4 heteroatoms. The van der Waals surface area contributed by atoms with E-state index in [9.17, 15) is 9.59 Å². The smallest absolute Gasteiger partial charge is 0.344 e. The van der Waals surface area contributed by atoms with Gasteiger partial charge in [0.2, 0.25) is 0 Å². The van der Waals surface area contributed by atoms with Gasteiger partial charge in [0.25, 0.3) is 0 Å². The molecule has 6 saturated carbocycles. The van der Waals surface area contributed by atoms with Crippen molar-refractivity contribution in [3.05, 3.63) is 0 Å². The zero-order valence-corrected chi connectivity index (χ0v) is 18.5. The van der Waals surface area contributed by atoms with Crippen LogP contribution in [0.1, 0.15) is 85.0 Å². The third-order valence-electron chi connectivity index (χ3n) is 9.78. The summed E-state index contributed by atoms with van der Waals surface area (Å²) in [6, 6.07) is 0. The Kier molecular flexibility index (Phi) is 4.79. The van der Waals surface area contributed by atoms with Gasteiger partial charge < -0.3 is 9.47 Å². The SMILES string of the molecule is CCC(C)(C)C(=O)OCC(=O)OC1(C2CC3CCC2C3)C2CC3CC(C2)CC1C3. The topological polar surface area (TPSA) is 52.6 Å². The molecule has 6 rings (SSSR count). The van der Waals surface area contributed by atoms with Crippen molar-refractivity contribution < 1.29 is 19.1 Å². The molecule has 0 saturated heterocycles. The molecular formula is C25H38O4. The predicted molar refractivity (Wildman–Crippen MR) is 110 cm³/mol. The van der Waals surface area contributed by atoms with Gasteiger partial charge in [0.05, 0.1) is 5.41 Å². The van der Waals surface area contributed by atoms with Crippen molar-refractivity contribution in [2.45, 2.75) is 90.6 Å². The molecule has 0 aromatic rings. The summed E-state index contributed by atoms with van der Waals surface area (Å²) in [5.41, 5.74) is -0.817. The highest BCUT2D eigenvalue weighted by Gasteiger charge is 2.65. The van der Waals surface area contributed by atoms with E-state index in [0.29, 0.717) is 24.2 Å². The van der Waals surface area contributed by atoms with Crippen LogP contribution in [-0.2, 0) is 19.1 Å². The summed E-state index contributed by atoms with van der Waals surface area (Å²) < 4.78 is 11.9. The van der Waals surface area contributed by atoms with Gasteiger partial charge in [0.15, 0.2) is 6.61 Å². The average Bonchev–Trinajstić information content (AvgIpc) is 3.32. The molecule has 0 aromatic carbocycles. The van der Waals surface area contributed by atoms with Crippen LogP contribution in [0.3, 0.4) is 0 Å². The van der Waals surface area contributed by atoms with E-state index in [-0.39, 0.29) is 24.1 Å². The molecule has 6 bridgehead atoms. The number of carbonyl (C=O) groups is 2. The molecule has 162 valence electrons. The Morgan fingerprint density at radius 3 is 2.07 bits per heavy atom. The molecule has 6 aliphatic rings. The van der Waals surface area contributed by atoms with E-state index in [1.54, 1.807) is 0 Å². The molecule has 0 aromatic heterocycles. The van der Waals surface area contributed by atoms with Gasteiger partial charge in [0.1, 0.15) is 5.60 Å². The number of rotatable bonds is 6. The molecule has 6 fully saturated rings. The lowest BCUT2D eigenvalue weighted by atomic mass is 9.46. The van der Waals surface area contributed by atoms with E-state index in [1.165, 1.54) is 57.8 Å². The molecule has 3 atom stereocenters. The third kappa shape index (κ3) is 3.15. The molecule has 29 heavy (non-hydrogen) atoms. The molecule has 0 spiro atoms. The Morgan fingerprint density at radius 1 is 0.897 bits per heavy atom. The van der Waals surface area contributed by atoms with Crippen LogP contribution >= 0.6 is 0 Å². The number of hydrogen-bond acceptors (Lipinski definition) is 4. The molecule has 4 nitrogen and oxygen atoms in total. The van der Waals surface area contributed by atoms with Crippen LogP contribution in [0.4, 0.5) is 0 Å². The van der Waals surface area contributed by atoms with Crippen LogP contribution in [0.25, 0.3) is 0 Å². The van der Waals surface area contributed by atoms with Crippen LogP contribution in [-0.4, -0.2) is 24.1 Å². The molecule has 0 N–H and O–H groups in total. The van der Waals surface area contributed by atoms with E-state index in [0.717, 1.165) is 23.7 Å². The van der Waals surface area contributed by atoms with Gasteiger partial charge in [-0.2, -0.15) is 0 Å². The van der Waals surface area contributed by atoms with Crippen molar-refractivity contribution in [1.82, 2.24) is 0 Å². The molecule has 6 aliphatic carbocycles. The van der Waals surface area contributed by atoms with Gasteiger partial charge in [-0.05, 0) is 107 Å². The van der Waals surface area contributed by atoms with Crippen LogP contribution < -0.4 is 0 Å². The van der Waals surface area contributed by atoms with E-state index in [2.05, 4.69) is 0 Å². The minimum atomic E-state index is -0.550. The second kappa shape index (κ2) is 6.99. The summed E-state index contributed by atoms with van der Waals surface area (Å²) >= 11 is 0. The summed E-state index contributed by atoms with van der Waals surface area (Å²) in [5, 5.41) is 0. The highest BCUT2D eigenvalue weighted by Crippen LogP contribution is 2.66. The maximum atomic E-state index is 13.0. The minimum absolute atomic E-state index is 0.225. The Balaban J connectivity index is 1.35. The third-order valence-corrected chi connectivity index (χ3v) is 9.78. The van der Waals surface area contributed by atoms with Crippen molar-refractivity contribution in [2.24, 2.45) is 46.8 Å². The van der Waals surface area contributed by atoms with E-state index < -0.39 is 5.41 Å². The predicted octanol–water partition coefficient (Wildman–Crippen LogP) is 5.14. The normalized spacial score (nSPS) is 44.9. The molecular weight excluding hydrogens is 364 g/mol. The summed E-state index contributed by atoms with van der Waals surface area (Å²) in [4.78, 5) is 25.4. The fraction of sp³-hybridized carbons (Fsp3) is 0.920. The van der Waals surface area contributed by atoms with Gasteiger partial charge >= 0.3 is 11.9 Å². The molecule has 0 heterocycles. The van der Waals surface area contributed by atoms with Crippen molar-refractivity contribution in [3.8, 4) is 0 Å². The number of carbonyl (C=O) groups excluding carboxylic acids is 2. The fourth-order valence-corrected chi connectivity index (χ4v) is 8.26. The summed E-state index contributed by atoms with van der Waals surface area (Å²) in [6.07, 6.45) is 12.4. The van der Waals surface area contributed by atoms with Crippen molar-refractivity contribution in [1.29, 1.82) is 0 Å². The summed E-state index contributed by atoms with van der Waals surface area (Å²) in [6.45, 7) is 5.49. The second-order valence-electron chi connectivity index (χ2n) is 11.7. The van der Waals surface area contributed by atoms with E-state index >= 15 is 0 Å². The number of fused-ring (bicyclic) bond motifs is 2. The number of hydrogen-bond donors (Lipinski definition) is 0. The standard InChI is InChI=1S/C25H38O4/c1-4-24(2,3)23(27)28-14-22(26)29-25(21-13-15-5-6-18(21)8-15)19-9-16-7-17(11-19)12-20(25)10-16/h15-21H,4-14H2,1-3H3. The van der Waals surface area contributed by atoms with E-state index in [4.69, 9.17) is 9.47 Å². The van der Waals surface area contributed by atoms with Crippen molar-refractivity contribution in [2.75, 3.05) is 6.61 Å². The van der Waals surface area contributed by atoms with E-state index in [1.807, 2.05) is 20.8 Å². The lowest BCUT2D eigenvalue weighted by Gasteiger charge is -2.63. The van der Waals surface area contributed by atoms with Gasteiger partial charge in [0, 0.05) is 5.92 Å². The monoisotopic (exact) mass is 402 g/mol. The largest absolute Gasteiger partial charge is 0.456 e. The lowest BCUT2D eigenvalue weighted by molar-refractivity contribution is -0.237. The highest BCUT2D eigenvalue weighted by atomic mass is 16.6. The molecule has 0 amide bonds. The fourth-order valence-electron chi connectivity index (χ4n) is 8.26. The van der Waals surface area contributed by atoms with Crippen LogP contribution in [0.2, 0.25) is 0 Å². The van der Waals surface area contributed by atoms with Crippen LogP contribution in [0.15, 0.2) is 0 Å². The molecule has 0 aliphatic heterocycles. The zero-order chi connectivity index (χ0) is 20.4. The summed E-state index contributed by atoms with van der Waals surface area (Å²) in [5.74, 6) is 4.31. The second-order valence-corrected chi connectivity index (χ2v) is 11.7. The maximum absolute atomic E-state index is 13.0. The first-order chi connectivity index (χ1) is 13.8. The quantitative estimate of drug-likeness (QED) is 0.577. The lowest BCUT2D eigenvalue weighted by Crippen LogP contribution is -2.64. The summed E-state index contributed by atoms with van der Waals surface area (Å²) in [7, 11) is 0. The Labute approximate surface area is 175 Å². The first-order valence-corrected chi connectivity index (χ1v) is 12.2. The number of ether oxygens (including phenoxy) is 2. The van der Waals surface area contributed by atoms with Crippen LogP contribution in [0, 0.1) is 46.8 Å². The van der Waals surface area contributed by atoms with Gasteiger partial charge in [-0.3, -0.25) is 4.79 Å². The zero-order valence-electron chi connectivity index (χ0n) is 18.5. The van der Waals surface area contributed by atoms with Gasteiger partial charge in [-0.25, -0.2) is 4.79 Å². The average molecular weight is 403 g/mol. The first-order valence-electron chi connectivity index (χ1n) is 12.2.